The van der Waals surface area contributed by atoms with Gasteiger partial charge in [-0.2, -0.15) is 0 Å². The first-order chi connectivity index (χ1) is 9.13. The largest absolute Gasteiger partial charge is 0.343 e. The highest BCUT2D eigenvalue weighted by atomic mass is 16.9. The summed E-state index contributed by atoms with van der Waals surface area (Å²) >= 11 is 0. The number of aryl methyl sites for hydroxylation is 2. The van der Waals surface area contributed by atoms with Crippen LogP contribution < -0.4 is 0 Å². The van der Waals surface area contributed by atoms with Crippen molar-refractivity contribution in [3.63, 3.8) is 0 Å². The monoisotopic (exact) mass is 257 g/mol. The standard InChI is InChI=1S/C14H15N3O2/c1-8-7-17-5-4-11-10(13(17)15-8)6-12(16(11)3)14-18-9(2)19-14/h4-7,9,14H,1-3H3. The molecule has 0 radical (unpaired) electrons. The molecule has 0 spiro atoms. The van der Waals surface area contributed by atoms with Crippen molar-refractivity contribution in [3.8, 4) is 0 Å². The van der Waals surface area contributed by atoms with E-state index in [1.807, 2.05) is 37.7 Å². The average Bonchev–Trinajstić information content (AvgIpc) is 2.85. The minimum atomic E-state index is -0.261. The molecule has 0 atom stereocenters. The van der Waals surface area contributed by atoms with Crippen LogP contribution in [0, 0.1) is 6.92 Å². The van der Waals surface area contributed by atoms with Crippen LogP contribution in [0.1, 0.15) is 24.6 Å². The highest BCUT2D eigenvalue weighted by molar-refractivity contribution is 5.93. The van der Waals surface area contributed by atoms with E-state index in [0.29, 0.717) is 0 Å². The number of pyridine rings is 1. The van der Waals surface area contributed by atoms with Gasteiger partial charge in [-0.15, -0.1) is 0 Å². The summed E-state index contributed by atoms with van der Waals surface area (Å²) in [5.74, 6) is 0. The number of rotatable bonds is 1. The minimum absolute atomic E-state index is 0.114. The summed E-state index contributed by atoms with van der Waals surface area (Å²) in [5, 5.41) is 1.12. The lowest BCUT2D eigenvalue weighted by Gasteiger charge is -2.33. The van der Waals surface area contributed by atoms with Crippen molar-refractivity contribution < 1.29 is 9.47 Å². The molecular weight excluding hydrogens is 242 g/mol. The third-order valence-corrected chi connectivity index (χ3v) is 3.68. The molecule has 3 aromatic heterocycles. The van der Waals surface area contributed by atoms with Crippen molar-refractivity contribution in [3.05, 3.63) is 35.9 Å². The van der Waals surface area contributed by atoms with Crippen LogP contribution in [0.3, 0.4) is 0 Å². The van der Waals surface area contributed by atoms with E-state index in [1.54, 1.807) is 0 Å². The van der Waals surface area contributed by atoms with Crippen LogP contribution in [-0.2, 0) is 16.5 Å². The molecule has 0 N–H and O–H groups in total. The van der Waals surface area contributed by atoms with E-state index in [2.05, 4.69) is 21.7 Å². The van der Waals surface area contributed by atoms with E-state index in [1.165, 1.54) is 0 Å². The molecule has 0 saturated carbocycles. The zero-order valence-corrected chi connectivity index (χ0v) is 11.1. The summed E-state index contributed by atoms with van der Waals surface area (Å²) in [4.78, 5) is 4.58. The highest BCUT2D eigenvalue weighted by Crippen LogP contribution is 2.35. The Morgan fingerprint density at radius 1 is 1.32 bits per heavy atom. The molecule has 1 saturated heterocycles. The predicted molar refractivity (Wildman–Crippen MR) is 70.8 cm³/mol. The van der Waals surface area contributed by atoms with E-state index in [4.69, 9.17) is 9.47 Å². The van der Waals surface area contributed by atoms with E-state index in [0.717, 1.165) is 27.9 Å². The summed E-state index contributed by atoms with van der Waals surface area (Å²) in [7, 11) is 2.03. The summed E-state index contributed by atoms with van der Waals surface area (Å²) in [6, 6.07) is 4.20. The first-order valence-corrected chi connectivity index (χ1v) is 6.38. The molecule has 19 heavy (non-hydrogen) atoms. The van der Waals surface area contributed by atoms with Crippen molar-refractivity contribution in [2.75, 3.05) is 0 Å². The zero-order chi connectivity index (χ0) is 13.1. The summed E-state index contributed by atoms with van der Waals surface area (Å²) < 4.78 is 15.3. The number of ether oxygens (including phenoxy) is 2. The molecule has 1 aliphatic heterocycles. The van der Waals surface area contributed by atoms with Gasteiger partial charge in [0.25, 0.3) is 0 Å². The van der Waals surface area contributed by atoms with Crippen LogP contribution in [0.15, 0.2) is 24.5 Å². The van der Waals surface area contributed by atoms with Gasteiger partial charge in [0, 0.05) is 24.8 Å². The Morgan fingerprint density at radius 3 is 2.84 bits per heavy atom. The van der Waals surface area contributed by atoms with Gasteiger partial charge in [0.15, 0.2) is 6.29 Å². The smallest absolute Gasteiger partial charge is 0.204 e. The van der Waals surface area contributed by atoms with Gasteiger partial charge in [-0.1, -0.05) is 0 Å². The van der Waals surface area contributed by atoms with Crippen molar-refractivity contribution in [2.24, 2.45) is 7.05 Å². The lowest BCUT2D eigenvalue weighted by molar-refractivity contribution is -0.384. The molecule has 0 aromatic carbocycles. The molecule has 5 nitrogen and oxygen atoms in total. The van der Waals surface area contributed by atoms with Gasteiger partial charge in [0.05, 0.1) is 16.9 Å². The second-order valence-electron chi connectivity index (χ2n) is 5.03. The van der Waals surface area contributed by atoms with Gasteiger partial charge in [-0.3, -0.25) is 0 Å². The fourth-order valence-electron chi connectivity index (χ4n) is 2.72. The Morgan fingerprint density at radius 2 is 2.11 bits per heavy atom. The number of fused-ring (bicyclic) bond motifs is 3. The fraction of sp³-hybridized carbons (Fsp3) is 0.357. The Hall–Kier alpha value is -1.85. The molecular formula is C14H15N3O2. The fourth-order valence-corrected chi connectivity index (χ4v) is 2.72. The third-order valence-electron chi connectivity index (χ3n) is 3.68. The lowest BCUT2D eigenvalue weighted by Crippen LogP contribution is -2.32. The Labute approximate surface area is 110 Å². The summed E-state index contributed by atoms with van der Waals surface area (Å²) in [6.07, 6.45) is 3.69. The number of aromatic nitrogens is 3. The molecule has 5 heteroatoms. The number of imidazole rings is 1. The second-order valence-corrected chi connectivity index (χ2v) is 5.03. The Bertz CT molecular complexity index is 781. The van der Waals surface area contributed by atoms with E-state index >= 15 is 0 Å². The van der Waals surface area contributed by atoms with Crippen molar-refractivity contribution >= 4 is 16.6 Å². The number of hydrogen-bond donors (Lipinski definition) is 0. The SMILES string of the molecule is Cc1cn2ccc3c(cc(C4OC(C)O4)n3C)c2n1. The number of nitrogens with zero attached hydrogens (tertiary/aromatic N) is 3. The highest BCUT2D eigenvalue weighted by Gasteiger charge is 2.31. The van der Waals surface area contributed by atoms with Crippen LogP contribution in [0.25, 0.3) is 16.6 Å². The van der Waals surface area contributed by atoms with Crippen LogP contribution in [-0.4, -0.2) is 20.2 Å². The quantitative estimate of drug-likeness (QED) is 0.672. The lowest BCUT2D eigenvalue weighted by atomic mass is 10.3. The Balaban J connectivity index is 1.97. The van der Waals surface area contributed by atoms with Gasteiger partial charge in [-0.05, 0) is 26.0 Å². The molecule has 98 valence electrons. The predicted octanol–water partition coefficient (Wildman–Crippen LogP) is 2.53. The van der Waals surface area contributed by atoms with Crippen LogP contribution in [0.2, 0.25) is 0 Å². The number of hydrogen-bond acceptors (Lipinski definition) is 3. The molecule has 1 fully saturated rings. The average molecular weight is 257 g/mol. The molecule has 3 aromatic rings. The maximum absolute atomic E-state index is 5.58. The second kappa shape index (κ2) is 3.59. The molecule has 0 aliphatic carbocycles. The molecule has 0 bridgehead atoms. The third kappa shape index (κ3) is 1.45. The maximum Gasteiger partial charge on any atom is 0.204 e. The van der Waals surface area contributed by atoms with Gasteiger partial charge in [0.2, 0.25) is 6.29 Å². The van der Waals surface area contributed by atoms with E-state index < -0.39 is 0 Å². The van der Waals surface area contributed by atoms with Crippen molar-refractivity contribution in [2.45, 2.75) is 26.4 Å². The van der Waals surface area contributed by atoms with E-state index in [-0.39, 0.29) is 12.6 Å². The van der Waals surface area contributed by atoms with Crippen molar-refractivity contribution in [1.29, 1.82) is 0 Å². The van der Waals surface area contributed by atoms with E-state index in [9.17, 15) is 0 Å². The molecule has 4 heterocycles. The molecule has 4 rings (SSSR count). The van der Waals surface area contributed by atoms with Gasteiger partial charge in [0.1, 0.15) is 5.65 Å². The zero-order valence-electron chi connectivity index (χ0n) is 11.1. The first-order valence-electron chi connectivity index (χ1n) is 6.38. The van der Waals surface area contributed by atoms with Gasteiger partial charge < -0.3 is 18.4 Å². The first kappa shape index (κ1) is 11.0. The molecule has 0 unspecified atom stereocenters. The molecule has 0 amide bonds. The summed E-state index contributed by atoms with van der Waals surface area (Å²) in [5.41, 5.74) is 4.16. The van der Waals surface area contributed by atoms with Gasteiger partial charge in [-0.25, -0.2) is 4.98 Å². The normalized spacial score (nSPS) is 23.1. The van der Waals surface area contributed by atoms with Crippen LogP contribution >= 0.6 is 0 Å². The van der Waals surface area contributed by atoms with Crippen LogP contribution in [0.4, 0.5) is 0 Å². The maximum atomic E-state index is 5.58. The summed E-state index contributed by atoms with van der Waals surface area (Å²) in [6.45, 7) is 3.90. The Kier molecular flexibility index (Phi) is 2.08. The van der Waals surface area contributed by atoms with Crippen LogP contribution in [0.5, 0.6) is 0 Å². The van der Waals surface area contributed by atoms with Gasteiger partial charge >= 0.3 is 0 Å². The molecule has 1 aliphatic rings. The minimum Gasteiger partial charge on any atom is -0.343 e. The van der Waals surface area contributed by atoms with Crippen molar-refractivity contribution in [1.82, 2.24) is 14.0 Å². The topological polar surface area (TPSA) is 40.7 Å².